The number of aliphatic carboxylic acids is 1. The largest absolute Gasteiger partial charge is 0.481 e. The quantitative estimate of drug-likeness (QED) is 0.860. The Morgan fingerprint density at radius 3 is 2.67 bits per heavy atom. The monoisotopic (exact) mass is 247 g/mol. The molecular formula is C10H11Cl2NO2. The SMILES string of the molecule is NC[C@H](CC(=O)O)c1cccc(Cl)c1Cl. The number of nitrogens with two attached hydrogens (primary N) is 1. The van der Waals surface area contributed by atoms with E-state index >= 15 is 0 Å². The lowest BCUT2D eigenvalue weighted by molar-refractivity contribution is -0.137. The summed E-state index contributed by atoms with van der Waals surface area (Å²) in [7, 11) is 0. The predicted octanol–water partition coefficient (Wildman–Crippen LogP) is 2.51. The maximum Gasteiger partial charge on any atom is 0.304 e. The molecule has 1 aromatic rings. The molecule has 15 heavy (non-hydrogen) atoms. The van der Waals surface area contributed by atoms with Crippen LogP contribution in [-0.2, 0) is 4.79 Å². The molecule has 0 bridgehead atoms. The third-order valence-electron chi connectivity index (χ3n) is 2.13. The van der Waals surface area contributed by atoms with Gasteiger partial charge in [-0.05, 0) is 18.2 Å². The van der Waals surface area contributed by atoms with Crippen LogP contribution in [0.4, 0.5) is 0 Å². The first-order chi connectivity index (χ1) is 7.06. The van der Waals surface area contributed by atoms with E-state index in [1.54, 1.807) is 18.2 Å². The van der Waals surface area contributed by atoms with E-state index < -0.39 is 5.97 Å². The summed E-state index contributed by atoms with van der Waals surface area (Å²) < 4.78 is 0. The Bertz CT molecular complexity index is 368. The number of carboxylic acids is 1. The van der Waals surface area contributed by atoms with Gasteiger partial charge in [0.15, 0.2) is 0 Å². The zero-order chi connectivity index (χ0) is 11.4. The van der Waals surface area contributed by atoms with E-state index in [1.807, 2.05) is 0 Å². The second-order valence-electron chi connectivity index (χ2n) is 3.17. The highest BCUT2D eigenvalue weighted by atomic mass is 35.5. The molecule has 5 heteroatoms. The molecule has 3 nitrogen and oxygen atoms in total. The summed E-state index contributed by atoms with van der Waals surface area (Å²) in [5, 5.41) is 9.50. The van der Waals surface area contributed by atoms with Crippen LogP contribution in [0.15, 0.2) is 18.2 Å². The van der Waals surface area contributed by atoms with Crippen LogP contribution in [0.3, 0.4) is 0 Å². The fraction of sp³-hybridized carbons (Fsp3) is 0.300. The third kappa shape index (κ3) is 3.09. The van der Waals surface area contributed by atoms with Gasteiger partial charge in [-0.1, -0.05) is 35.3 Å². The van der Waals surface area contributed by atoms with Crippen LogP contribution in [0.25, 0.3) is 0 Å². The summed E-state index contributed by atoms with van der Waals surface area (Å²) in [6.07, 6.45) is -0.0451. The van der Waals surface area contributed by atoms with Gasteiger partial charge in [0.25, 0.3) is 0 Å². The number of carbonyl (C=O) groups is 1. The molecule has 0 radical (unpaired) electrons. The van der Waals surface area contributed by atoms with Crippen LogP contribution in [0, 0.1) is 0 Å². The summed E-state index contributed by atoms with van der Waals surface area (Å²) >= 11 is 11.8. The lowest BCUT2D eigenvalue weighted by atomic mass is 9.96. The molecule has 3 N–H and O–H groups in total. The maximum absolute atomic E-state index is 10.6. The van der Waals surface area contributed by atoms with Crippen molar-refractivity contribution in [1.29, 1.82) is 0 Å². The average Bonchev–Trinajstić information content (AvgIpc) is 2.19. The lowest BCUT2D eigenvalue weighted by Gasteiger charge is -2.14. The smallest absolute Gasteiger partial charge is 0.304 e. The van der Waals surface area contributed by atoms with Gasteiger partial charge in [0, 0.05) is 5.92 Å². The Morgan fingerprint density at radius 2 is 2.13 bits per heavy atom. The van der Waals surface area contributed by atoms with E-state index in [0.717, 1.165) is 0 Å². The standard InChI is InChI=1S/C10H11Cl2NO2/c11-8-3-1-2-7(10(8)12)6(5-13)4-9(14)15/h1-3,6H,4-5,13H2,(H,14,15)/t6-/m0/s1. The summed E-state index contributed by atoms with van der Waals surface area (Å²) in [5.74, 6) is -1.20. The summed E-state index contributed by atoms with van der Waals surface area (Å²) in [6.45, 7) is 0.229. The van der Waals surface area contributed by atoms with Gasteiger partial charge in [0.2, 0.25) is 0 Å². The molecule has 1 atom stereocenters. The highest BCUT2D eigenvalue weighted by Crippen LogP contribution is 2.31. The molecule has 82 valence electrons. The molecule has 0 heterocycles. The van der Waals surface area contributed by atoms with E-state index in [4.69, 9.17) is 34.0 Å². The van der Waals surface area contributed by atoms with Gasteiger partial charge in [-0.25, -0.2) is 0 Å². The first kappa shape index (κ1) is 12.3. The van der Waals surface area contributed by atoms with E-state index in [0.29, 0.717) is 15.6 Å². The van der Waals surface area contributed by atoms with Gasteiger partial charge in [-0.3, -0.25) is 4.79 Å². The molecule has 0 spiro atoms. The molecule has 0 aliphatic heterocycles. The summed E-state index contributed by atoms with van der Waals surface area (Å²) in [5.41, 5.74) is 6.20. The highest BCUT2D eigenvalue weighted by Gasteiger charge is 2.17. The number of carboxylic acid groups (broad SMARTS) is 1. The van der Waals surface area contributed by atoms with E-state index in [2.05, 4.69) is 0 Å². The molecule has 0 amide bonds. The first-order valence-corrected chi connectivity index (χ1v) is 5.17. The topological polar surface area (TPSA) is 63.3 Å². The van der Waals surface area contributed by atoms with Crippen LogP contribution in [0.5, 0.6) is 0 Å². The van der Waals surface area contributed by atoms with Crippen molar-refractivity contribution in [3.8, 4) is 0 Å². The van der Waals surface area contributed by atoms with Gasteiger partial charge >= 0.3 is 5.97 Å². The number of hydrogen-bond donors (Lipinski definition) is 2. The Balaban J connectivity index is 3.01. The zero-order valence-corrected chi connectivity index (χ0v) is 9.42. The minimum atomic E-state index is -0.901. The van der Waals surface area contributed by atoms with Crippen LogP contribution in [-0.4, -0.2) is 17.6 Å². The fourth-order valence-corrected chi connectivity index (χ4v) is 1.83. The van der Waals surface area contributed by atoms with Crippen LogP contribution >= 0.6 is 23.2 Å². The minimum Gasteiger partial charge on any atom is -0.481 e. The third-order valence-corrected chi connectivity index (χ3v) is 2.96. The van der Waals surface area contributed by atoms with Gasteiger partial charge in [0.1, 0.15) is 0 Å². The summed E-state index contributed by atoms with van der Waals surface area (Å²) in [6, 6.07) is 5.13. The van der Waals surface area contributed by atoms with Crippen molar-refractivity contribution in [3.63, 3.8) is 0 Å². The predicted molar refractivity (Wildman–Crippen MR) is 60.5 cm³/mol. The normalized spacial score (nSPS) is 12.5. The van der Waals surface area contributed by atoms with Crippen molar-refractivity contribution in [2.45, 2.75) is 12.3 Å². The number of rotatable bonds is 4. The van der Waals surface area contributed by atoms with Gasteiger partial charge < -0.3 is 10.8 Å². The van der Waals surface area contributed by atoms with Crippen LogP contribution < -0.4 is 5.73 Å². The molecule has 0 unspecified atom stereocenters. The van der Waals surface area contributed by atoms with E-state index in [1.165, 1.54) is 0 Å². The molecule has 1 rings (SSSR count). The Hall–Kier alpha value is -0.770. The molecule has 0 saturated carbocycles. The number of halogens is 2. The molecule has 0 aromatic heterocycles. The first-order valence-electron chi connectivity index (χ1n) is 4.42. The van der Waals surface area contributed by atoms with Crippen molar-refractivity contribution in [1.82, 2.24) is 0 Å². The molecule has 1 aromatic carbocycles. The van der Waals surface area contributed by atoms with Crippen molar-refractivity contribution >= 4 is 29.2 Å². The van der Waals surface area contributed by atoms with E-state index in [9.17, 15) is 4.79 Å². The molecule has 0 aliphatic carbocycles. The van der Waals surface area contributed by atoms with Gasteiger partial charge in [0.05, 0.1) is 16.5 Å². The molecule has 0 aliphatic rings. The summed E-state index contributed by atoms with van der Waals surface area (Å²) in [4.78, 5) is 10.6. The Morgan fingerprint density at radius 1 is 1.47 bits per heavy atom. The van der Waals surface area contributed by atoms with E-state index in [-0.39, 0.29) is 18.9 Å². The highest BCUT2D eigenvalue weighted by molar-refractivity contribution is 6.42. The maximum atomic E-state index is 10.6. The second kappa shape index (κ2) is 5.35. The van der Waals surface area contributed by atoms with Gasteiger partial charge in [-0.2, -0.15) is 0 Å². The van der Waals surface area contributed by atoms with Crippen molar-refractivity contribution < 1.29 is 9.90 Å². The molecule has 0 fully saturated rings. The van der Waals surface area contributed by atoms with Crippen molar-refractivity contribution in [2.24, 2.45) is 5.73 Å². The zero-order valence-electron chi connectivity index (χ0n) is 7.91. The second-order valence-corrected chi connectivity index (χ2v) is 3.96. The average molecular weight is 248 g/mol. The molecule has 0 saturated heterocycles. The number of benzene rings is 1. The van der Waals surface area contributed by atoms with Crippen LogP contribution in [0.1, 0.15) is 17.9 Å². The lowest BCUT2D eigenvalue weighted by Crippen LogP contribution is -2.16. The number of hydrogen-bond acceptors (Lipinski definition) is 2. The fourth-order valence-electron chi connectivity index (χ4n) is 1.37. The molecular weight excluding hydrogens is 237 g/mol. The Labute approximate surface area is 97.8 Å². The Kier molecular flexibility index (Phi) is 4.39. The van der Waals surface area contributed by atoms with Crippen molar-refractivity contribution in [2.75, 3.05) is 6.54 Å². The minimum absolute atomic E-state index is 0.0451. The van der Waals surface area contributed by atoms with Crippen molar-refractivity contribution in [3.05, 3.63) is 33.8 Å². The van der Waals surface area contributed by atoms with Gasteiger partial charge in [-0.15, -0.1) is 0 Å². The van der Waals surface area contributed by atoms with Crippen LogP contribution in [0.2, 0.25) is 10.0 Å².